The molecule has 11 heavy (non-hydrogen) atoms. The molecule has 1 N–H and O–H groups in total. The van der Waals surface area contributed by atoms with Crippen LogP contribution >= 0.6 is 0 Å². The Morgan fingerprint density at radius 2 is 2.00 bits per heavy atom. The quantitative estimate of drug-likeness (QED) is 0.611. The Bertz CT molecular complexity index is 171. The Hall–Kier alpha value is -0.380. The summed E-state index contributed by atoms with van der Waals surface area (Å²) in [5.41, 5.74) is 0. The first kappa shape index (κ1) is 8.71. The van der Waals surface area contributed by atoms with Crippen LogP contribution in [0.3, 0.4) is 0 Å². The second-order valence-corrected chi connectivity index (χ2v) is 4.52. The molecular weight excluding hydrogens is 162 g/mol. The Balaban J connectivity index is 2.28. The predicted octanol–water partition coefficient (Wildman–Crippen LogP) is 0.0336. The van der Waals surface area contributed by atoms with Gasteiger partial charge in [0.15, 0.2) is 0 Å². The van der Waals surface area contributed by atoms with E-state index in [4.69, 9.17) is 0 Å². The van der Waals surface area contributed by atoms with Gasteiger partial charge in [-0.3, -0.25) is 9.00 Å². The largest absolute Gasteiger partial charge is 0.354 e. The number of rotatable bonds is 1. The van der Waals surface area contributed by atoms with Gasteiger partial charge in [0.2, 0.25) is 5.91 Å². The molecule has 4 heteroatoms. The summed E-state index contributed by atoms with van der Waals surface area (Å²) in [7, 11) is -0.627. The van der Waals surface area contributed by atoms with Gasteiger partial charge in [-0.15, -0.1) is 0 Å². The van der Waals surface area contributed by atoms with E-state index in [9.17, 15) is 9.00 Å². The Labute approximate surface area is 69.0 Å². The maximum absolute atomic E-state index is 10.9. The predicted molar refractivity (Wildman–Crippen MR) is 44.7 cm³/mol. The van der Waals surface area contributed by atoms with Gasteiger partial charge in [-0.1, -0.05) is 0 Å². The molecule has 1 aliphatic heterocycles. The van der Waals surface area contributed by atoms with Gasteiger partial charge in [-0.2, -0.15) is 0 Å². The van der Waals surface area contributed by atoms with Crippen LogP contribution < -0.4 is 5.32 Å². The molecule has 1 heterocycles. The van der Waals surface area contributed by atoms with Crippen molar-refractivity contribution in [2.24, 2.45) is 0 Å². The summed E-state index contributed by atoms with van der Waals surface area (Å²) < 4.78 is 10.9. The maximum atomic E-state index is 10.9. The molecule has 0 aliphatic carbocycles. The van der Waals surface area contributed by atoms with Gasteiger partial charge in [0.05, 0.1) is 0 Å². The van der Waals surface area contributed by atoms with Crippen molar-refractivity contribution in [2.45, 2.75) is 25.8 Å². The molecule has 64 valence electrons. The normalized spacial score (nSPS) is 31.4. The summed E-state index contributed by atoms with van der Waals surface area (Å²) in [5.74, 6) is 1.50. The summed E-state index contributed by atoms with van der Waals surface area (Å²) in [6.07, 6.45) is 1.73. The van der Waals surface area contributed by atoms with Crippen LogP contribution in [0.15, 0.2) is 0 Å². The maximum Gasteiger partial charge on any atom is 0.217 e. The van der Waals surface area contributed by atoms with Crippen molar-refractivity contribution in [3.63, 3.8) is 0 Å². The summed E-state index contributed by atoms with van der Waals surface area (Å²) in [5, 5.41) is 2.83. The molecule has 1 fully saturated rings. The zero-order valence-electron chi connectivity index (χ0n) is 6.63. The molecule has 0 radical (unpaired) electrons. The number of hydrogen-bond acceptors (Lipinski definition) is 2. The van der Waals surface area contributed by atoms with Crippen LogP contribution in [0, 0.1) is 0 Å². The van der Waals surface area contributed by atoms with E-state index < -0.39 is 10.8 Å². The van der Waals surface area contributed by atoms with E-state index in [0.29, 0.717) is 0 Å². The minimum absolute atomic E-state index is 0.0164. The Kier molecular flexibility index (Phi) is 3.05. The molecule has 0 aromatic heterocycles. The molecule has 0 spiro atoms. The third-order valence-electron chi connectivity index (χ3n) is 1.80. The van der Waals surface area contributed by atoms with E-state index in [0.717, 1.165) is 24.3 Å². The fourth-order valence-corrected chi connectivity index (χ4v) is 2.52. The number of carbonyl (C=O) groups excluding carboxylic acids is 1. The number of carbonyl (C=O) groups is 1. The third-order valence-corrected chi connectivity index (χ3v) is 3.18. The summed E-state index contributed by atoms with van der Waals surface area (Å²) in [6, 6.07) is 0.269. The van der Waals surface area contributed by atoms with Crippen LogP contribution in [-0.2, 0) is 15.6 Å². The van der Waals surface area contributed by atoms with Crippen molar-refractivity contribution in [2.75, 3.05) is 11.5 Å². The molecule has 3 nitrogen and oxygen atoms in total. The highest BCUT2D eigenvalue weighted by Gasteiger charge is 2.17. The minimum Gasteiger partial charge on any atom is -0.354 e. The Morgan fingerprint density at radius 3 is 2.45 bits per heavy atom. The molecule has 1 saturated heterocycles. The lowest BCUT2D eigenvalue weighted by atomic mass is 10.1. The lowest BCUT2D eigenvalue weighted by molar-refractivity contribution is -0.119. The molecule has 1 rings (SSSR count). The monoisotopic (exact) mass is 175 g/mol. The van der Waals surface area contributed by atoms with Gasteiger partial charge < -0.3 is 5.32 Å². The van der Waals surface area contributed by atoms with Crippen molar-refractivity contribution in [1.82, 2.24) is 5.32 Å². The van der Waals surface area contributed by atoms with Crippen molar-refractivity contribution in [1.29, 1.82) is 0 Å². The van der Waals surface area contributed by atoms with E-state index in [2.05, 4.69) is 5.32 Å². The molecule has 0 bridgehead atoms. The highest BCUT2D eigenvalue weighted by atomic mass is 32.2. The first-order valence-electron chi connectivity index (χ1n) is 3.80. The van der Waals surface area contributed by atoms with E-state index in [1.54, 1.807) is 0 Å². The van der Waals surface area contributed by atoms with Crippen LogP contribution in [-0.4, -0.2) is 27.7 Å². The van der Waals surface area contributed by atoms with Crippen LogP contribution in [0.25, 0.3) is 0 Å². The topological polar surface area (TPSA) is 46.2 Å². The lowest BCUT2D eigenvalue weighted by Gasteiger charge is -2.21. The number of amides is 1. The van der Waals surface area contributed by atoms with Gasteiger partial charge in [0.25, 0.3) is 0 Å². The summed E-state index contributed by atoms with van der Waals surface area (Å²) in [6.45, 7) is 1.52. The van der Waals surface area contributed by atoms with Crippen LogP contribution in [0.4, 0.5) is 0 Å². The first-order chi connectivity index (χ1) is 5.18. The van der Waals surface area contributed by atoms with Gasteiger partial charge in [-0.05, 0) is 12.8 Å². The van der Waals surface area contributed by atoms with Crippen molar-refractivity contribution < 1.29 is 9.00 Å². The standard InChI is InChI=1S/C7H13NO2S/c1-6(9)8-7-2-4-11(10)5-3-7/h7H,2-5H2,1H3,(H,8,9). The molecule has 1 amide bonds. The fourth-order valence-electron chi connectivity index (χ4n) is 1.23. The van der Waals surface area contributed by atoms with Crippen LogP contribution in [0.2, 0.25) is 0 Å². The van der Waals surface area contributed by atoms with Gasteiger partial charge in [0.1, 0.15) is 0 Å². The van der Waals surface area contributed by atoms with Crippen LogP contribution in [0.1, 0.15) is 19.8 Å². The summed E-state index contributed by atoms with van der Waals surface area (Å²) >= 11 is 0. The van der Waals surface area contributed by atoms with E-state index >= 15 is 0 Å². The Morgan fingerprint density at radius 1 is 1.45 bits per heavy atom. The van der Waals surface area contributed by atoms with Gasteiger partial charge >= 0.3 is 0 Å². The minimum atomic E-state index is -0.627. The van der Waals surface area contributed by atoms with Crippen molar-refractivity contribution in [3.05, 3.63) is 0 Å². The molecule has 1 aliphatic rings. The molecular formula is C7H13NO2S. The van der Waals surface area contributed by atoms with Crippen LogP contribution in [0.5, 0.6) is 0 Å². The molecule has 0 atom stereocenters. The zero-order valence-corrected chi connectivity index (χ0v) is 7.45. The average Bonchev–Trinajstić information content (AvgIpc) is 1.93. The number of hydrogen-bond donors (Lipinski definition) is 1. The summed E-state index contributed by atoms with van der Waals surface area (Å²) in [4.78, 5) is 10.6. The smallest absolute Gasteiger partial charge is 0.217 e. The number of nitrogens with one attached hydrogen (secondary N) is 1. The molecule has 0 aromatic carbocycles. The van der Waals surface area contributed by atoms with Crippen molar-refractivity contribution in [3.8, 4) is 0 Å². The SMILES string of the molecule is CC(=O)NC1CCS(=O)CC1. The first-order valence-corrected chi connectivity index (χ1v) is 5.29. The average molecular weight is 175 g/mol. The van der Waals surface area contributed by atoms with Gasteiger partial charge in [-0.25, -0.2) is 0 Å². The molecule has 0 aromatic rings. The van der Waals surface area contributed by atoms with Gasteiger partial charge in [0, 0.05) is 35.3 Å². The fraction of sp³-hybridized carbons (Fsp3) is 0.857. The van der Waals surface area contributed by atoms with E-state index in [-0.39, 0.29) is 11.9 Å². The lowest BCUT2D eigenvalue weighted by Crippen LogP contribution is -2.38. The second-order valence-electron chi connectivity index (χ2n) is 2.82. The molecule has 0 saturated carbocycles. The second kappa shape index (κ2) is 3.85. The van der Waals surface area contributed by atoms with E-state index in [1.807, 2.05) is 0 Å². The zero-order chi connectivity index (χ0) is 8.27. The highest BCUT2D eigenvalue weighted by Crippen LogP contribution is 2.08. The highest BCUT2D eigenvalue weighted by molar-refractivity contribution is 7.85. The van der Waals surface area contributed by atoms with Crippen molar-refractivity contribution >= 4 is 16.7 Å². The third kappa shape index (κ3) is 3.01. The van der Waals surface area contributed by atoms with E-state index in [1.165, 1.54) is 6.92 Å². The molecule has 0 unspecified atom stereocenters.